The van der Waals surface area contributed by atoms with E-state index in [0.29, 0.717) is 23.8 Å². The number of methoxy groups -OCH3 is 1. The number of benzene rings is 1. The van der Waals surface area contributed by atoms with Crippen LogP contribution in [0.2, 0.25) is 5.02 Å². The largest absolute Gasteiger partial charge is 0.467 e. The van der Waals surface area contributed by atoms with Crippen molar-refractivity contribution in [2.24, 2.45) is 0 Å². The summed E-state index contributed by atoms with van der Waals surface area (Å²) in [5, 5.41) is 10.4. The Morgan fingerprint density at radius 2 is 2.09 bits per heavy atom. The van der Waals surface area contributed by atoms with Crippen LogP contribution in [0.1, 0.15) is 18.0 Å². The summed E-state index contributed by atoms with van der Waals surface area (Å²) in [6.45, 7) is 0.391. The number of rotatable bonds is 3. The molecule has 1 N–H and O–H groups in total. The lowest BCUT2D eigenvalue weighted by Gasteiger charge is -2.26. The quantitative estimate of drug-likeness (QED) is 0.941. The predicted octanol–water partition coefficient (Wildman–Crippen LogP) is 2.59. The maximum atomic E-state index is 13.1. The molecule has 1 aliphatic heterocycles. The van der Waals surface area contributed by atoms with E-state index in [1.54, 1.807) is 12.1 Å². The second-order valence-corrected chi connectivity index (χ2v) is 5.54. The number of halogens is 2. The van der Waals surface area contributed by atoms with Crippen LogP contribution in [0, 0.1) is 5.82 Å². The molecule has 2 atom stereocenters. The molecule has 0 unspecified atom stereocenters. The first-order valence-corrected chi connectivity index (χ1v) is 7.23. The summed E-state index contributed by atoms with van der Waals surface area (Å²) < 4.78 is 18.1. The van der Waals surface area contributed by atoms with Crippen molar-refractivity contribution in [3.8, 4) is 6.01 Å². The molecular weight excluding hydrogens is 309 g/mol. The molecule has 0 bridgehead atoms. The third-order valence-electron chi connectivity index (χ3n) is 3.69. The first kappa shape index (κ1) is 15.0. The first-order chi connectivity index (χ1) is 10.6. The van der Waals surface area contributed by atoms with Crippen LogP contribution < -0.4 is 9.64 Å². The molecule has 0 aliphatic carbocycles. The normalized spacial score (nSPS) is 21.2. The lowest BCUT2D eigenvalue weighted by atomic mass is 10.0. The molecule has 1 fully saturated rings. The molecule has 1 aromatic carbocycles. The van der Waals surface area contributed by atoms with Crippen molar-refractivity contribution >= 4 is 17.4 Å². The highest BCUT2D eigenvalue weighted by Crippen LogP contribution is 2.38. The fraction of sp³-hybridized carbons (Fsp3) is 0.333. The highest BCUT2D eigenvalue weighted by Gasteiger charge is 2.34. The van der Waals surface area contributed by atoms with Crippen LogP contribution in [-0.2, 0) is 0 Å². The molecule has 1 aromatic heterocycles. The molecule has 5 nitrogen and oxygen atoms in total. The lowest BCUT2D eigenvalue weighted by Crippen LogP contribution is -2.25. The zero-order valence-corrected chi connectivity index (χ0v) is 12.7. The van der Waals surface area contributed by atoms with Crippen LogP contribution in [0.15, 0.2) is 30.5 Å². The van der Waals surface area contributed by atoms with E-state index in [-0.39, 0.29) is 17.9 Å². The van der Waals surface area contributed by atoms with E-state index in [1.165, 1.54) is 25.4 Å². The van der Waals surface area contributed by atoms with Gasteiger partial charge in [-0.3, -0.25) is 0 Å². The van der Waals surface area contributed by atoms with Gasteiger partial charge in [0, 0.05) is 6.54 Å². The second kappa shape index (κ2) is 6.06. The summed E-state index contributed by atoms with van der Waals surface area (Å²) in [7, 11) is 1.48. The van der Waals surface area contributed by atoms with Crippen LogP contribution in [0.3, 0.4) is 0 Å². The first-order valence-electron chi connectivity index (χ1n) is 6.85. The lowest BCUT2D eigenvalue weighted by molar-refractivity contribution is 0.194. The number of nitrogens with zero attached hydrogens (tertiary/aromatic N) is 3. The number of hydrogen-bond acceptors (Lipinski definition) is 5. The van der Waals surface area contributed by atoms with Crippen LogP contribution in [-0.4, -0.2) is 34.8 Å². The maximum Gasteiger partial charge on any atom is 0.318 e. The van der Waals surface area contributed by atoms with Crippen LogP contribution in [0.4, 0.5) is 10.2 Å². The Balaban J connectivity index is 1.98. The van der Waals surface area contributed by atoms with Gasteiger partial charge in [0.1, 0.15) is 10.8 Å². The van der Waals surface area contributed by atoms with Crippen LogP contribution in [0.25, 0.3) is 0 Å². The van der Waals surface area contributed by atoms with Gasteiger partial charge in [0.2, 0.25) is 0 Å². The second-order valence-electron chi connectivity index (χ2n) is 5.14. The minimum absolute atomic E-state index is 0.132. The molecule has 0 saturated carbocycles. The molecule has 7 heteroatoms. The number of hydrogen-bond donors (Lipinski definition) is 1. The molecule has 3 rings (SSSR count). The Morgan fingerprint density at radius 1 is 1.36 bits per heavy atom. The molecule has 0 radical (unpaired) electrons. The number of ether oxygens (including phenoxy) is 1. The van der Waals surface area contributed by atoms with Gasteiger partial charge in [0.15, 0.2) is 5.82 Å². The van der Waals surface area contributed by atoms with Crippen molar-refractivity contribution in [2.45, 2.75) is 18.6 Å². The monoisotopic (exact) mass is 323 g/mol. The van der Waals surface area contributed by atoms with Gasteiger partial charge in [0.05, 0.1) is 25.5 Å². The molecule has 22 heavy (non-hydrogen) atoms. The Labute approximate surface area is 132 Å². The molecule has 0 spiro atoms. The smallest absolute Gasteiger partial charge is 0.318 e. The summed E-state index contributed by atoms with van der Waals surface area (Å²) >= 11 is 6.20. The topological polar surface area (TPSA) is 58.5 Å². The van der Waals surface area contributed by atoms with Crippen LogP contribution >= 0.6 is 11.6 Å². The number of aliphatic hydroxyl groups excluding tert-OH is 1. The van der Waals surface area contributed by atoms with E-state index >= 15 is 0 Å². The van der Waals surface area contributed by atoms with Gasteiger partial charge in [-0.1, -0.05) is 23.7 Å². The summed E-state index contributed by atoms with van der Waals surface area (Å²) in [6.07, 6.45) is 1.48. The van der Waals surface area contributed by atoms with E-state index in [2.05, 4.69) is 9.97 Å². The minimum Gasteiger partial charge on any atom is -0.467 e. The number of anilines is 1. The molecular formula is C15H15ClFN3O2. The Kier molecular flexibility index (Phi) is 4.13. The van der Waals surface area contributed by atoms with Crippen molar-refractivity contribution in [1.82, 2.24) is 9.97 Å². The summed E-state index contributed by atoms with van der Waals surface area (Å²) in [4.78, 5) is 10.1. The van der Waals surface area contributed by atoms with Crippen molar-refractivity contribution in [1.29, 1.82) is 0 Å². The predicted molar refractivity (Wildman–Crippen MR) is 80.7 cm³/mol. The zero-order chi connectivity index (χ0) is 15.7. The third kappa shape index (κ3) is 2.84. The van der Waals surface area contributed by atoms with Gasteiger partial charge in [-0.2, -0.15) is 4.98 Å². The summed E-state index contributed by atoms with van der Waals surface area (Å²) in [6, 6.07) is 6.29. The SMILES string of the molecule is COc1ncc(Cl)c(N2C[C@H](O)C[C@H]2c2ccc(F)cc2)n1. The Hall–Kier alpha value is -1.92. The van der Waals surface area contributed by atoms with Gasteiger partial charge in [-0.15, -0.1) is 0 Å². The Morgan fingerprint density at radius 3 is 2.77 bits per heavy atom. The van der Waals surface area contributed by atoms with Crippen molar-refractivity contribution in [3.63, 3.8) is 0 Å². The van der Waals surface area contributed by atoms with E-state index in [0.717, 1.165) is 5.56 Å². The Bertz CT molecular complexity index is 668. The van der Waals surface area contributed by atoms with E-state index in [9.17, 15) is 9.50 Å². The minimum atomic E-state index is -0.507. The van der Waals surface area contributed by atoms with Gasteiger partial charge >= 0.3 is 6.01 Å². The van der Waals surface area contributed by atoms with E-state index in [4.69, 9.17) is 16.3 Å². The fourth-order valence-electron chi connectivity index (χ4n) is 2.69. The van der Waals surface area contributed by atoms with Gasteiger partial charge in [0.25, 0.3) is 0 Å². The molecule has 116 valence electrons. The van der Waals surface area contributed by atoms with Crippen molar-refractivity contribution in [2.75, 3.05) is 18.6 Å². The number of β-amino-alcohol motifs (C(OH)–C–C–N with tert-alkyl or cyclic N) is 1. The number of aromatic nitrogens is 2. The third-order valence-corrected chi connectivity index (χ3v) is 3.96. The standard InChI is InChI=1S/C15H15ClFN3O2/c1-22-15-18-7-12(16)14(19-15)20-8-11(21)6-13(20)9-2-4-10(17)5-3-9/h2-5,7,11,13,21H,6,8H2,1H3/t11-,13+/m1/s1. The van der Waals surface area contributed by atoms with Crippen molar-refractivity contribution < 1.29 is 14.2 Å². The van der Waals surface area contributed by atoms with Gasteiger partial charge in [-0.25, -0.2) is 9.37 Å². The molecule has 2 aromatic rings. The molecule has 1 aliphatic rings. The highest BCUT2D eigenvalue weighted by molar-refractivity contribution is 6.32. The average molecular weight is 324 g/mol. The van der Waals surface area contributed by atoms with E-state index in [1.807, 2.05) is 4.90 Å². The number of aliphatic hydroxyl groups is 1. The average Bonchev–Trinajstić information content (AvgIpc) is 2.90. The van der Waals surface area contributed by atoms with Gasteiger partial charge < -0.3 is 14.7 Å². The molecule has 0 amide bonds. The summed E-state index contributed by atoms with van der Waals surface area (Å²) in [5.74, 6) is 0.204. The maximum absolute atomic E-state index is 13.1. The molecule has 2 heterocycles. The van der Waals surface area contributed by atoms with Crippen molar-refractivity contribution in [3.05, 3.63) is 46.9 Å². The zero-order valence-electron chi connectivity index (χ0n) is 11.9. The highest BCUT2D eigenvalue weighted by atomic mass is 35.5. The summed E-state index contributed by atoms with van der Waals surface area (Å²) in [5.41, 5.74) is 0.895. The fourth-order valence-corrected chi connectivity index (χ4v) is 2.89. The van der Waals surface area contributed by atoms with E-state index < -0.39 is 6.10 Å². The molecule has 1 saturated heterocycles. The van der Waals surface area contributed by atoms with Crippen LogP contribution in [0.5, 0.6) is 6.01 Å². The van der Waals surface area contributed by atoms with Gasteiger partial charge in [-0.05, 0) is 24.1 Å².